The highest BCUT2D eigenvalue weighted by atomic mass is 79.9. The van der Waals surface area contributed by atoms with E-state index in [9.17, 15) is 18.0 Å². The SMILES string of the molecule is C[Si](C)(C)CCOCn1ncc2c(=O)n(CC(F)(F)F)c3cc(Br)ccc3c21. The second kappa shape index (κ2) is 7.64. The van der Waals surface area contributed by atoms with Gasteiger partial charge in [0.15, 0.2) is 0 Å². The van der Waals surface area contributed by atoms with Gasteiger partial charge in [-0.3, -0.25) is 9.36 Å². The van der Waals surface area contributed by atoms with Gasteiger partial charge in [0.05, 0.1) is 22.6 Å². The lowest BCUT2D eigenvalue weighted by Crippen LogP contribution is -2.28. The minimum atomic E-state index is -4.51. The van der Waals surface area contributed by atoms with Crippen molar-refractivity contribution in [1.82, 2.24) is 14.3 Å². The molecule has 0 amide bonds. The first kappa shape index (κ1) is 21.1. The zero-order chi connectivity index (χ0) is 20.7. The highest BCUT2D eigenvalue weighted by Crippen LogP contribution is 2.28. The van der Waals surface area contributed by atoms with Crippen molar-refractivity contribution in [1.29, 1.82) is 0 Å². The summed E-state index contributed by atoms with van der Waals surface area (Å²) in [6.07, 6.45) is -3.20. The molecule has 0 saturated heterocycles. The van der Waals surface area contributed by atoms with Crippen LogP contribution in [-0.2, 0) is 18.0 Å². The summed E-state index contributed by atoms with van der Waals surface area (Å²) in [5.74, 6) is 0. The zero-order valence-electron chi connectivity index (χ0n) is 15.8. The molecule has 2 aromatic heterocycles. The highest BCUT2D eigenvalue weighted by Gasteiger charge is 2.30. The summed E-state index contributed by atoms with van der Waals surface area (Å²) in [5, 5.41) is 4.86. The van der Waals surface area contributed by atoms with Crippen LogP contribution in [0.15, 0.2) is 33.7 Å². The summed E-state index contributed by atoms with van der Waals surface area (Å²) in [7, 11) is -1.24. The molecule has 0 radical (unpaired) electrons. The maximum Gasteiger partial charge on any atom is 0.406 e. The summed E-state index contributed by atoms with van der Waals surface area (Å²) in [4.78, 5) is 12.8. The van der Waals surface area contributed by atoms with Gasteiger partial charge in [-0.2, -0.15) is 18.3 Å². The van der Waals surface area contributed by atoms with E-state index in [4.69, 9.17) is 4.74 Å². The van der Waals surface area contributed by atoms with Gasteiger partial charge < -0.3 is 4.74 Å². The molecule has 0 aliphatic carbocycles. The summed E-state index contributed by atoms with van der Waals surface area (Å²) in [6.45, 7) is 6.09. The van der Waals surface area contributed by atoms with Crippen LogP contribution in [-0.4, -0.2) is 35.2 Å². The van der Waals surface area contributed by atoms with Crippen molar-refractivity contribution in [3.05, 3.63) is 39.2 Å². The van der Waals surface area contributed by atoms with Crippen LogP contribution in [0.5, 0.6) is 0 Å². The van der Waals surface area contributed by atoms with Crippen LogP contribution >= 0.6 is 15.9 Å². The van der Waals surface area contributed by atoms with Crippen LogP contribution in [0.25, 0.3) is 21.8 Å². The lowest BCUT2D eigenvalue weighted by Gasteiger charge is -2.16. The Bertz CT molecular complexity index is 1070. The topological polar surface area (TPSA) is 49.1 Å². The number of hydrogen-bond donors (Lipinski definition) is 0. The Labute approximate surface area is 169 Å². The molecule has 0 atom stereocenters. The highest BCUT2D eigenvalue weighted by molar-refractivity contribution is 9.10. The van der Waals surface area contributed by atoms with Crippen molar-refractivity contribution < 1.29 is 17.9 Å². The molecule has 1 aromatic carbocycles. The fourth-order valence-corrected chi connectivity index (χ4v) is 4.08. The van der Waals surface area contributed by atoms with E-state index in [1.165, 1.54) is 16.9 Å². The van der Waals surface area contributed by atoms with E-state index in [0.29, 0.717) is 22.0 Å². The normalized spacial score (nSPS) is 13.0. The monoisotopic (exact) mass is 475 g/mol. The smallest absolute Gasteiger partial charge is 0.360 e. The van der Waals surface area contributed by atoms with Crippen molar-refractivity contribution in [2.24, 2.45) is 0 Å². The third kappa shape index (κ3) is 4.66. The molecule has 0 saturated carbocycles. The van der Waals surface area contributed by atoms with Gasteiger partial charge >= 0.3 is 6.18 Å². The number of hydrogen-bond acceptors (Lipinski definition) is 3. The molecule has 0 N–H and O–H groups in total. The largest absolute Gasteiger partial charge is 0.406 e. The third-order valence-corrected chi connectivity index (χ3v) is 6.57. The first-order valence-corrected chi connectivity index (χ1v) is 13.3. The van der Waals surface area contributed by atoms with E-state index in [2.05, 4.69) is 40.7 Å². The van der Waals surface area contributed by atoms with E-state index in [1.807, 2.05) is 0 Å². The second-order valence-electron chi connectivity index (χ2n) is 7.92. The van der Waals surface area contributed by atoms with Gasteiger partial charge in [0.1, 0.15) is 13.3 Å². The van der Waals surface area contributed by atoms with Gasteiger partial charge in [-0.15, -0.1) is 0 Å². The van der Waals surface area contributed by atoms with Gasteiger partial charge in [0.2, 0.25) is 0 Å². The summed E-state index contributed by atoms with van der Waals surface area (Å²) in [5.41, 5.74) is -0.0294. The number of aromatic nitrogens is 3. The maximum atomic E-state index is 13.0. The standard InChI is InChI=1S/C18H21BrF3N3O2Si/c1-28(2,3)7-6-27-11-25-16-13-5-4-12(19)8-15(13)24(10-18(20,21)22)17(26)14(16)9-23-25/h4-5,8-9H,6-7,10-11H2,1-3H3. The van der Waals surface area contributed by atoms with E-state index in [-0.39, 0.29) is 17.6 Å². The summed E-state index contributed by atoms with van der Waals surface area (Å²) >= 11 is 3.27. The third-order valence-electron chi connectivity index (χ3n) is 4.37. The molecule has 0 spiro atoms. The lowest BCUT2D eigenvalue weighted by molar-refractivity contribution is -0.140. The Balaban J connectivity index is 2.08. The minimum Gasteiger partial charge on any atom is -0.360 e. The van der Waals surface area contributed by atoms with E-state index in [0.717, 1.165) is 10.6 Å². The number of pyridine rings is 1. The molecule has 10 heteroatoms. The average Bonchev–Trinajstić information content (AvgIpc) is 2.98. The molecule has 0 aliphatic rings. The number of ether oxygens (including phenoxy) is 1. The summed E-state index contributed by atoms with van der Waals surface area (Å²) in [6, 6.07) is 5.92. The molecule has 0 aliphatic heterocycles. The van der Waals surface area contributed by atoms with Crippen LogP contribution in [0.3, 0.4) is 0 Å². The fraction of sp³-hybridized carbons (Fsp3) is 0.444. The predicted octanol–water partition coefficient (Wildman–Crippen LogP) is 4.99. The van der Waals surface area contributed by atoms with E-state index >= 15 is 0 Å². The number of benzene rings is 1. The van der Waals surface area contributed by atoms with Gasteiger partial charge in [-0.25, -0.2) is 4.68 Å². The van der Waals surface area contributed by atoms with Crippen LogP contribution < -0.4 is 5.56 Å². The summed E-state index contributed by atoms with van der Waals surface area (Å²) < 4.78 is 47.7. The van der Waals surface area contributed by atoms with Crippen molar-refractivity contribution in [3.8, 4) is 0 Å². The molecule has 3 aromatic rings. The Morgan fingerprint density at radius 2 is 1.93 bits per heavy atom. The molecular formula is C18H21BrF3N3O2Si. The molecule has 152 valence electrons. The molecule has 28 heavy (non-hydrogen) atoms. The number of fused-ring (bicyclic) bond motifs is 3. The lowest BCUT2D eigenvalue weighted by atomic mass is 10.1. The fourth-order valence-electron chi connectivity index (χ4n) is 2.97. The van der Waals surface area contributed by atoms with Crippen LogP contribution in [0, 0.1) is 0 Å². The van der Waals surface area contributed by atoms with Gasteiger partial charge in [-0.05, 0) is 24.2 Å². The van der Waals surface area contributed by atoms with Crippen molar-refractivity contribution >= 4 is 45.8 Å². The quantitative estimate of drug-likeness (QED) is 0.372. The molecule has 0 fully saturated rings. The van der Waals surface area contributed by atoms with Gasteiger partial charge in [0.25, 0.3) is 5.56 Å². The Morgan fingerprint density at radius 3 is 2.57 bits per heavy atom. The van der Waals surface area contributed by atoms with E-state index < -0.39 is 26.4 Å². The molecule has 2 heterocycles. The number of rotatable bonds is 6. The molecule has 0 unspecified atom stereocenters. The first-order valence-electron chi connectivity index (χ1n) is 8.78. The molecular weight excluding hydrogens is 455 g/mol. The Kier molecular flexibility index (Phi) is 5.75. The number of halogens is 4. The van der Waals surface area contributed by atoms with Crippen molar-refractivity contribution in [3.63, 3.8) is 0 Å². The maximum absolute atomic E-state index is 13.0. The van der Waals surface area contributed by atoms with Gasteiger partial charge in [0, 0.05) is 24.5 Å². The number of nitrogens with zero attached hydrogens (tertiary/aromatic N) is 3. The minimum absolute atomic E-state index is 0.141. The van der Waals surface area contributed by atoms with Crippen LogP contribution in [0.2, 0.25) is 25.7 Å². The molecule has 3 rings (SSSR count). The Hall–Kier alpha value is -1.65. The molecule has 0 bridgehead atoms. The van der Waals surface area contributed by atoms with Crippen molar-refractivity contribution in [2.75, 3.05) is 6.61 Å². The van der Waals surface area contributed by atoms with Gasteiger partial charge in [-0.1, -0.05) is 35.6 Å². The first-order chi connectivity index (χ1) is 13.0. The number of alkyl halides is 3. The zero-order valence-corrected chi connectivity index (χ0v) is 18.4. The average molecular weight is 476 g/mol. The second-order valence-corrected chi connectivity index (χ2v) is 14.5. The van der Waals surface area contributed by atoms with Crippen LogP contribution in [0.4, 0.5) is 13.2 Å². The van der Waals surface area contributed by atoms with Crippen molar-refractivity contribution in [2.45, 2.75) is 45.1 Å². The predicted molar refractivity (Wildman–Crippen MR) is 109 cm³/mol. The Morgan fingerprint density at radius 1 is 1.21 bits per heavy atom. The molecule has 5 nitrogen and oxygen atoms in total. The van der Waals surface area contributed by atoms with E-state index in [1.54, 1.807) is 12.1 Å². The van der Waals surface area contributed by atoms with Crippen LogP contribution in [0.1, 0.15) is 0 Å².